The van der Waals surface area contributed by atoms with Crippen LogP contribution in [0, 0.1) is 6.92 Å². The van der Waals surface area contributed by atoms with Gasteiger partial charge < -0.3 is 10.1 Å². The zero-order valence-corrected chi connectivity index (χ0v) is 16.6. The maximum atomic E-state index is 12.4. The Labute approximate surface area is 166 Å². The van der Waals surface area contributed by atoms with E-state index < -0.39 is 0 Å². The second kappa shape index (κ2) is 8.02. The van der Waals surface area contributed by atoms with Crippen molar-refractivity contribution in [2.24, 2.45) is 7.05 Å². The fourth-order valence-electron chi connectivity index (χ4n) is 2.70. The number of amides is 1. The first kappa shape index (κ1) is 19.3. The number of hydrogen-bond acceptors (Lipinski definition) is 4. The molecule has 142 valence electrons. The summed E-state index contributed by atoms with van der Waals surface area (Å²) < 4.78 is 8.83. The molecule has 3 aromatic rings. The van der Waals surface area contributed by atoms with Crippen LogP contribution in [-0.4, -0.2) is 25.5 Å². The molecular formula is C18H19Cl2N5O2. The molecule has 0 radical (unpaired) electrons. The van der Waals surface area contributed by atoms with E-state index in [9.17, 15) is 4.79 Å². The molecule has 0 aliphatic rings. The van der Waals surface area contributed by atoms with Gasteiger partial charge in [-0.2, -0.15) is 10.2 Å². The van der Waals surface area contributed by atoms with Crippen LogP contribution in [0.25, 0.3) is 0 Å². The number of carbonyl (C=O) groups is 1. The van der Waals surface area contributed by atoms with Crippen molar-refractivity contribution in [3.63, 3.8) is 0 Å². The van der Waals surface area contributed by atoms with Crippen LogP contribution in [0.15, 0.2) is 36.7 Å². The summed E-state index contributed by atoms with van der Waals surface area (Å²) in [5.74, 6) is 0.100. The van der Waals surface area contributed by atoms with E-state index in [-0.39, 0.29) is 24.4 Å². The molecule has 1 amide bonds. The minimum atomic E-state index is -0.278. The van der Waals surface area contributed by atoms with Crippen molar-refractivity contribution in [3.8, 4) is 5.75 Å². The van der Waals surface area contributed by atoms with Gasteiger partial charge in [-0.05, 0) is 32.0 Å². The number of para-hydroxylation sites is 1. The van der Waals surface area contributed by atoms with Gasteiger partial charge in [0, 0.05) is 25.0 Å². The van der Waals surface area contributed by atoms with Crippen LogP contribution in [0.1, 0.15) is 34.7 Å². The molecule has 1 unspecified atom stereocenters. The number of nitrogens with zero attached hydrogens (tertiary/aromatic N) is 4. The van der Waals surface area contributed by atoms with E-state index in [4.69, 9.17) is 27.9 Å². The molecule has 2 aromatic heterocycles. The Morgan fingerprint density at radius 2 is 1.96 bits per heavy atom. The number of nitrogens with one attached hydrogen (secondary N) is 1. The Balaban J connectivity index is 1.63. The highest BCUT2D eigenvalue weighted by Crippen LogP contribution is 2.32. The third kappa shape index (κ3) is 4.43. The molecule has 1 aromatic carbocycles. The van der Waals surface area contributed by atoms with Crippen LogP contribution in [0.4, 0.5) is 0 Å². The molecule has 0 fully saturated rings. The number of ether oxygens (including phenoxy) is 1. The Kier molecular flexibility index (Phi) is 5.72. The number of carbonyl (C=O) groups excluding carboxylic acids is 1. The standard InChI is InChI=1S/C18H19Cl2N5O2/c1-11(13-9-24(3)22-12(13)2)21-18(26)16-7-8-25(23-16)10-27-17-14(19)5-4-6-15(17)20/h4-9,11H,10H2,1-3H3,(H,21,26). The largest absolute Gasteiger partial charge is 0.468 e. The molecule has 0 aliphatic carbocycles. The normalized spacial score (nSPS) is 12.0. The van der Waals surface area contributed by atoms with E-state index in [1.807, 2.05) is 27.1 Å². The van der Waals surface area contributed by atoms with E-state index in [2.05, 4.69) is 15.5 Å². The highest BCUT2D eigenvalue weighted by molar-refractivity contribution is 6.37. The van der Waals surface area contributed by atoms with Crippen LogP contribution in [0.5, 0.6) is 5.75 Å². The third-order valence-electron chi connectivity index (χ3n) is 4.00. The maximum absolute atomic E-state index is 12.4. The summed E-state index contributed by atoms with van der Waals surface area (Å²) in [6.45, 7) is 3.89. The zero-order valence-electron chi connectivity index (χ0n) is 15.1. The molecule has 2 heterocycles. The van der Waals surface area contributed by atoms with Crippen molar-refractivity contribution in [1.29, 1.82) is 0 Å². The minimum absolute atomic E-state index is 0.0774. The molecule has 0 saturated heterocycles. The summed E-state index contributed by atoms with van der Waals surface area (Å²) in [6.07, 6.45) is 3.54. The maximum Gasteiger partial charge on any atom is 0.272 e. The van der Waals surface area contributed by atoms with Gasteiger partial charge >= 0.3 is 0 Å². The predicted molar refractivity (Wildman–Crippen MR) is 103 cm³/mol. The number of benzene rings is 1. The molecule has 0 aliphatic heterocycles. The van der Waals surface area contributed by atoms with Crippen molar-refractivity contribution in [3.05, 3.63) is 63.7 Å². The molecule has 0 saturated carbocycles. The van der Waals surface area contributed by atoms with Crippen molar-refractivity contribution >= 4 is 29.1 Å². The van der Waals surface area contributed by atoms with E-state index in [1.165, 1.54) is 4.68 Å². The van der Waals surface area contributed by atoms with E-state index in [0.29, 0.717) is 15.8 Å². The SMILES string of the molecule is Cc1nn(C)cc1C(C)NC(=O)c1ccn(COc2c(Cl)cccc2Cl)n1. The van der Waals surface area contributed by atoms with Crippen LogP contribution >= 0.6 is 23.2 Å². The summed E-state index contributed by atoms with van der Waals surface area (Å²) in [5.41, 5.74) is 2.13. The van der Waals surface area contributed by atoms with Gasteiger partial charge in [-0.15, -0.1) is 0 Å². The lowest BCUT2D eigenvalue weighted by Crippen LogP contribution is -2.27. The molecule has 3 rings (SSSR count). The molecule has 0 bridgehead atoms. The Morgan fingerprint density at radius 3 is 2.59 bits per heavy atom. The third-order valence-corrected chi connectivity index (χ3v) is 4.59. The van der Waals surface area contributed by atoms with Gasteiger partial charge in [0.25, 0.3) is 5.91 Å². The summed E-state index contributed by atoms with van der Waals surface area (Å²) in [4.78, 5) is 12.4. The monoisotopic (exact) mass is 407 g/mol. The van der Waals surface area contributed by atoms with E-state index >= 15 is 0 Å². The molecule has 1 N–H and O–H groups in total. The lowest BCUT2D eigenvalue weighted by molar-refractivity contribution is 0.0932. The second-order valence-electron chi connectivity index (χ2n) is 6.10. The molecule has 7 nitrogen and oxygen atoms in total. The van der Waals surface area contributed by atoms with Gasteiger partial charge in [0.05, 0.1) is 21.8 Å². The van der Waals surface area contributed by atoms with Crippen LogP contribution < -0.4 is 10.1 Å². The second-order valence-corrected chi connectivity index (χ2v) is 6.92. The first-order valence-electron chi connectivity index (χ1n) is 8.26. The number of rotatable bonds is 6. The van der Waals surface area contributed by atoms with Crippen molar-refractivity contribution in [1.82, 2.24) is 24.9 Å². The zero-order chi connectivity index (χ0) is 19.6. The average Bonchev–Trinajstić information content (AvgIpc) is 3.20. The van der Waals surface area contributed by atoms with Crippen molar-refractivity contribution in [2.75, 3.05) is 0 Å². The van der Waals surface area contributed by atoms with Gasteiger partial charge in [0.15, 0.2) is 12.5 Å². The lowest BCUT2D eigenvalue weighted by atomic mass is 10.1. The van der Waals surface area contributed by atoms with Gasteiger partial charge in [0.2, 0.25) is 0 Å². The summed E-state index contributed by atoms with van der Waals surface area (Å²) >= 11 is 12.1. The Hall–Kier alpha value is -2.51. The summed E-state index contributed by atoms with van der Waals surface area (Å²) in [7, 11) is 1.85. The van der Waals surface area contributed by atoms with Crippen molar-refractivity contribution < 1.29 is 9.53 Å². The van der Waals surface area contributed by atoms with Gasteiger partial charge in [-0.1, -0.05) is 29.3 Å². The first-order chi connectivity index (χ1) is 12.8. The fraction of sp³-hybridized carbons (Fsp3) is 0.278. The van der Waals surface area contributed by atoms with Crippen LogP contribution in [0.2, 0.25) is 10.0 Å². The van der Waals surface area contributed by atoms with Gasteiger partial charge in [-0.3, -0.25) is 9.48 Å². The molecule has 27 heavy (non-hydrogen) atoms. The lowest BCUT2D eigenvalue weighted by Gasteiger charge is -2.12. The van der Waals surface area contributed by atoms with E-state index in [0.717, 1.165) is 11.3 Å². The van der Waals surface area contributed by atoms with Crippen LogP contribution in [-0.2, 0) is 13.8 Å². The highest BCUT2D eigenvalue weighted by atomic mass is 35.5. The summed E-state index contributed by atoms with van der Waals surface area (Å²) in [5, 5.41) is 12.3. The fourth-order valence-corrected chi connectivity index (χ4v) is 3.20. The summed E-state index contributed by atoms with van der Waals surface area (Å²) in [6, 6.07) is 6.54. The number of aromatic nitrogens is 4. The number of aryl methyl sites for hydroxylation is 2. The Morgan fingerprint density at radius 1 is 1.26 bits per heavy atom. The van der Waals surface area contributed by atoms with E-state index in [1.54, 1.807) is 35.1 Å². The smallest absolute Gasteiger partial charge is 0.272 e. The topological polar surface area (TPSA) is 74.0 Å². The van der Waals surface area contributed by atoms with Gasteiger partial charge in [-0.25, -0.2) is 4.68 Å². The molecule has 9 heteroatoms. The minimum Gasteiger partial charge on any atom is -0.468 e. The number of halogens is 2. The number of hydrogen-bond donors (Lipinski definition) is 1. The first-order valence-corrected chi connectivity index (χ1v) is 9.02. The van der Waals surface area contributed by atoms with Crippen molar-refractivity contribution in [2.45, 2.75) is 26.6 Å². The molecular weight excluding hydrogens is 389 g/mol. The molecule has 1 atom stereocenters. The quantitative estimate of drug-likeness (QED) is 0.674. The van der Waals surface area contributed by atoms with Gasteiger partial charge in [0.1, 0.15) is 5.69 Å². The Bertz CT molecular complexity index is 946. The van der Waals surface area contributed by atoms with Crippen LogP contribution in [0.3, 0.4) is 0 Å². The molecule has 0 spiro atoms. The predicted octanol–water partition coefficient (Wildman–Crippen LogP) is 3.76. The highest BCUT2D eigenvalue weighted by Gasteiger charge is 2.17. The average molecular weight is 408 g/mol.